The molecule has 0 spiro atoms. The second kappa shape index (κ2) is 11.3. The van der Waals surface area contributed by atoms with Crippen molar-refractivity contribution in [1.82, 2.24) is 10.6 Å². The molecule has 0 fully saturated rings. The molecular formula is C20H28FN3O2. The molecule has 1 aromatic heterocycles. The van der Waals surface area contributed by atoms with Crippen molar-refractivity contribution >= 4 is 5.96 Å². The fourth-order valence-electron chi connectivity index (χ4n) is 2.36. The zero-order valence-corrected chi connectivity index (χ0v) is 15.6. The molecule has 1 heterocycles. The monoisotopic (exact) mass is 361 g/mol. The first-order valence-corrected chi connectivity index (χ1v) is 9.06. The van der Waals surface area contributed by atoms with Crippen LogP contribution in [0.2, 0.25) is 0 Å². The van der Waals surface area contributed by atoms with Gasteiger partial charge in [-0.3, -0.25) is 0 Å². The second-order valence-corrected chi connectivity index (χ2v) is 5.98. The summed E-state index contributed by atoms with van der Waals surface area (Å²) in [6.45, 7) is 7.05. The number of benzene rings is 1. The zero-order valence-electron chi connectivity index (χ0n) is 15.6. The van der Waals surface area contributed by atoms with Crippen LogP contribution in [0.15, 0.2) is 46.0 Å². The highest BCUT2D eigenvalue weighted by Crippen LogP contribution is 2.10. The largest absolute Gasteiger partial charge is 0.469 e. The van der Waals surface area contributed by atoms with Crippen LogP contribution in [-0.2, 0) is 17.7 Å². The Balaban J connectivity index is 1.87. The zero-order chi connectivity index (χ0) is 18.6. The first-order chi connectivity index (χ1) is 12.7. The summed E-state index contributed by atoms with van der Waals surface area (Å²) < 4.78 is 24.4. The maximum absolute atomic E-state index is 13.7. The lowest BCUT2D eigenvalue weighted by atomic mass is 10.1. The number of guanidine groups is 1. The Bertz CT molecular complexity index is 672. The maximum Gasteiger partial charge on any atom is 0.191 e. The third-order valence-corrected chi connectivity index (χ3v) is 3.86. The molecule has 0 atom stereocenters. The van der Waals surface area contributed by atoms with E-state index in [1.165, 1.54) is 6.07 Å². The van der Waals surface area contributed by atoms with Crippen LogP contribution in [0.5, 0.6) is 0 Å². The van der Waals surface area contributed by atoms with Crippen molar-refractivity contribution in [2.24, 2.45) is 4.99 Å². The van der Waals surface area contributed by atoms with Gasteiger partial charge in [0.05, 0.1) is 12.8 Å². The van der Waals surface area contributed by atoms with E-state index in [1.807, 2.05) is 25.1 Å². The van der Waals surface area contributed by atoms with Gasteiger partial charge in [-0.2, -0.15) is 0 Å². The number of hydrogen-bond acceptors (Lipinski definition) is 3. The predicted octanol–water partition coefficient (Wildman–Crippen LogP) is 3.43. The van der Waals surface area contributed by atoms with Crippen molar-refractivity contribution in [2.75, 3.05) is 26.3 Å². The summed E-state index contributed by atoms with van der Waals surface area (Å²) in [5.41, 5.74) is 1.48. The Labute approximate surface area is 154 Å². The summed E-state index contributed by atoms with van der Waals surface area (Å²) in [7, 11) is 0. The van der Waals surface area contributed by atoms with E-state index in [1.54, 1.807) is 19.3 Å². The van der Waals surface area contributed by atoms with Crippen LogP contribution in [0.4, 0.5) is 4.39 Å². The fraction of sp³-hybridized carbons (Fsp3) is 0.450. The summed E-state index contributed by atoms with van der Waals surface area (Å²) in [6.07, 6.45) is 3.33. The predicted molar refractivity (Wildman–Crippen MR) is 102 cm³/mol. The number of nitrogens with one attached hydrogen (secondary N) is 2. The fourth-order valence-corrected chi connectivity index (χ4v) is 2.36. The second-order valence-electron chi connectivity index (χ2n) is 5.98. The number of ether oxygens (including phenoxy) is 1. The van der Waals surface area contributed by atoms with Crippen molar-refractivity contribution in [3.05, 3.63) is 59.3 Å². The van der Waals surface area contributed by atoms with Gasteiger partial charge in [-0.05, 0) is 49.6 Å². The molecule has 1 aromatic carbocycles. The number of aliphatic imine (C=N–C) groups is 1. The van der Waals surface area contributed by atoms with Crippen molar-refractivity contribution < 1.29 is 13.5 Å². The van der Waals surface area contributed by atoms with Gasteiger partial charge in [-0.15, -0.1) is 0 Å². The van der Waals surface area contributed by atoms with Crippen molar-refractivity contribution in [1.29, 1.82) is 0 Å². The van der Waals surface area contributed by atoms with Crippen molar-refractivity contribution in [2.45, 2.75) is 33.2 Å². The molecule has 0 bridgehead atoms. The van der Waals surface area contributed by atoms with E-state index < -0.39 is 0 Å². The molecule has 142 valence electrons. The minimum atomic E-state index is -0.199. The summed E-state index contributed by atoms with van der Waals surface area (Å²) in [5, 5.41) is 6.58. The average molecular weight is 361 g/mol. The first-order valence-electron chi connectivity index (χ1n) is 9.06. The standard InChI is InChI=1S/C20H28FN3O2/c1-3-25-12-5-10-22-20(23-11-9-18-6-4-13-26-18)24-15-17-8-7-16(2)19(21)14-17/h4,6-8,13-14H,3,5,9-12,15H2,1-2H3,(H2,22,23,24). The Morgan fingerprint density at radius 2 is 2.08 bits per heavy atom. The topological polar surface area (TPSA) is 58.8 Å². The van der Waals surface area contributed by atoms with E-state index in [9.17, 15) is 4.39 Å². The van der Waals surface area contributed by atoms with Gasteiger partial charge in [0, 0.05) is 32.7 Å². The number of nitrogens with zero attached hydrogens (tertiary/aromatic N) is 1. The molecule has 6 heteroatoms. The Morgan fingerprint density at radius 3 is 2.81 bits per heavy atom. The summed E-state index contributed by atoms with van der Waals surface area (Å²) in [4.78, 5) is 4.56. The van der Waals surface area contributed by atoms with Gasteiger partial charge in [-0.1, -0.05) is 12.1 Å². The Morgan fingerprint density at radius 1 is 1.23 bits per heavy atom. The molecule has 0 radical (unpaired) electrons. The molecule has 0 amide bonds. The van der Waals surface area contributed by atoms with Gasteiger partial charge < -0.3 is 19.8 Å². The Hall–Kier alpha value is -2.34. The van der Waals surface area contributed by atoms with E-state index in [2.05, 4.69) is 15.6 Å². The van der Waals surface area contributed by atoms with E-state index in [-0.39, 0.29) is 5.82 Å². The van der Waals surface area contributed by atoms with Crippen LogP contribution in [0.3, 0.4) is 0 Å². The van der Waals surface area contributed by atoms with Gasteiger partial charge >= 0.3 is 0 Å². The highest BCUT2D eigenvalue weighted by atomic mass is 19.1. The molecule has 0 aliphatic carbocycles. The van der Waals surface area contributed by atoms with Gasteiger partial charge in [0.15, 0.2) is 5.96 Å². The molecule has 2 N–H and O–H groups in total. The molecule has 26 heavy (non-hydrogen) atoms. The van der Waals surface area contributed by atoms with Gasteiger partial charge in [0.25, 0.3) is 0 Å². The van der Waals surface area contributed by atoms with E-state index in [0.29, 0.717) is 31.2 Å². The maximum atomic E-state index is 13.7. The molecule has 0 saturated carbocycles. The first kappa shape index (κ1) is 20.0. The van der Waals surface area contributed by atoms with E-state index >= 15 is 0 Å². The van der Waals surface area contributed by atoms with Gasteiger partial charge in [0.1, 0.15) is 11.6 Å². The van der Waals surface area contributed by atoms with Gasteiger partial charge in [-0.25, -0.2) is 9.38 Å². The van der Waals surface area contributed by atoms with Crippen LogP contribution >= 0.6 is 0 Å². The molecule has 0 aliphatic heterocycles. The summed E-state index contributed by atoms with van der Waals surface area (Å²) >= 11 is 0. The number of aryl methyl sites for hydroxylation is 1. The molecule has 5 nitrogen and oxygen atoms in total. The van der Waals surface area contributed by atoms with Crippen LogP contribution in [0.1, 0.15) is 30.2 Å². The smallest absolute Gasteiger partial charge is 0.191 e. The van der Waals surface area contributed by atoms with Crippen LogP contribution in [0, 0.1) is 12.7 Å². The van der Waals surface area contributed by atoms with Crippen molar-refractivity contribution in [3.8, 4) is 0 Å². The number of halogens is 1. The SMILES string of the molecule is CCOCCCNC(=NCc1ccc(C)c(F)c1)NCCc1ccco1. The molecule has 0 aliphatic rings. The Kier molecular flexibility index (Phi) is 8.69. The quantitative estimate of drug-likeness (QED) is 0.387. The molecular weight excluding hydrogens is 333 g/mol. The highest BCUT2D eigenvalue weighted by molar-refractivity contribution is 5.79. The highest BCUT2D eigenvalue weighted by Gasteiger charge is 2.02. The third kappa shape index (κ3) is 7.27. The van der Waals surface area contributed by atoms with Crippen LogP contribution < -0.4 is 10.6 Å². The lowest BCUT2D eigenvalue weighted by molar-refractivity contribution is 0.145. The van der Waals surface area contributed by atoms with E-state index in [4.69, 9.17) is 9.15 Å². The van der Waals surface area contributed by atoms with Crippen LogP contribution in [-0.4, -0.2) is 32.3 Å². The molecule has 0 saturated heterocycles. The minimum Gasteiger partial charge on any atom is -0.469 e. The minimum absolute atomic E-state index is 0.199. The van der Waals surface area contributed by atoms with Gasteiger partial charge in [0.2, 0.25) is 0 Å². The summed E-state index contributed by atoms with van der Waals surface area (Å²) in [5.74, 6) is 1.43. The van der Waals surface area contributed by atoms with Crippen LogP contribution in [0.25, 0.3) is 0 Å². The lowest BCUT2D eigenvalue weighted by Crippen LogP contribution is -2.39. The van der Waals surface area contributed by atoms with E-state index in [0.717, 1.165) is 37.3 Å². The third-order valence-electron chi connectivity index (χ3n) is 3.86. The number of furan rings is 1. The normalized spacial score (nSPS) is 11.6. The molecule has 0 unspecified atom stereocenters. The average Bonchev–Trinajstić information content (AvgIpc) is 3.15. The summed E-state index contributed by atoms with van der Waals surface area (Å²) in [6, 6.07) is 9.04. The lowest BCUT2D eigenvalue weighted by Gasteiger charge is -2.12. The van der Waals surface area contributed by atoms with Crippen molar-refractivity contribution in [3.63, 3.8) is 0 Å². The number of rotatable bonds is 10. The number of hydrogen-bond donors (Lipinski definition) is 2. The molecule has 2 aromatic rings. The molecule has 2 rings (SSSR count).